The van der Waals surface area contributed by atoms with Crippen molar-refractivity contribution in [3.63, 3.8) is 0 Å². The molecule has 1 fully saturated rings. The fourth-order valence-corrected chi connectivity index (χ4v) is 2.69. The lowest BCUT2D eigenvalue weighted by Crippen LogP contribution is -2.26. The molecule has 0 bridgehead atoms. The van der Waals surface area contributed by atoms with Crippen molar-refractivity contribution in [3.8, 4) is 0 Å². The monoisotopic (exact) mass is 253 g/mol. The van der Waals surface area contributed by atoms with Crippen molar-refractivity contribution in [2.75, 3.05) is 19.6 Å². The normalized spacial score (nSPS) is 19.4. The highest BCUT2D eigenvalue weighted by atomic mass is 32.1. The van der Waals surface area contributed by atoms with E-state index in [1.54, 1.807) is 17.5 Å². The van der Waals surface area contributed by atoms with E-state index in [2.05, 4.69) is 15.6 Å². The Hall–Kier alpha value is -0.940. The number of hydrogen-bond acceptors (Lipinski definition) is 4. The Kier molecular flexibility index (Phi) is 4.94. The van der Waals surface area contributed by atoms with E-state index >= 15 is 0 Å². The van der Waals surface area contributed by atoms with Crippen LogP contribution in [-0.2, 0) is 11.2 Å². The number of thiazole rings is 1. The van der Waals surface area contributed by atoms with E-state index in [-0.39, 0.29) is 5.91 Å². The lowest BCUT2D eigenvalue weighted by Gasteiger charge is -2.08. The number of nitrogens with one attached hydrogen (secondary N) is 2. The van der Waals surface area contributed by atoms with Crippen molar-refractivity contribution < 1.29 is 4.79 Å². The molecule has 0 aliphatic carbocycles. The van der Waals surface area contributed by atoms with E-state index in [0.717, 1.165) is 30.9 Å². The fourth-order valence-electron chi connectivity index (χ4n) is 2.07. The Morgan fingerprint density at radius 1 is 1.65 bits per heavy atom. The van der Waals surface area contributed by atoms with Gasteiger partial charge in [-0.2, -0.15) is 0 Å². The number of amides is 1. The zero-order chi connectivity index (χ0) is 11.9. The smallest absolute Gasteiger partial charge is 0.220 e. The maximum Gasteiger partial charge on any atom is 0.220 e. The van der Waals surface area contributed by atoms with Crippen LogP contribution in [0.3, 0.4) is 0 Å². The second kappa shape index (κ2) is 6.71. The van der Waals surface area contributed by atoms with Crippen LogP contribution in [0.15, 0.2) is 11.6 Å². The van der Waals surface area contributed by atoms with E-state index < -0.39 is 0 Å². The molecule has 0 aromatic carbocycles. The summed E-state index contributed by atoms with van der Waals surface area (Å²) in [6.45, 7) is 2.89. The molecule has 1 aliphatic rings. The molecule has 0 saturated carbocycles. The summed E-state index contributed by atoms with van der Waals surface area (Å²) in [5.74, 6) is 0.869. The van der Waals surface area contributed by atoms with Crippen molar-refractivity contribution in [1.29, 1.82) is 0 Å². The Labute approximate surface area is 106 Å². The van der Waals surface area contributed by atoms with Crippen LogP contribution in [0.2, 0.25) is 0 Å². The summed E-state index contributed by atoms with van der Waals surface area (Å²) >= 11 is 1.64. The van der Waals surface area contributed by atoms with Gasteiger partial charge in [0.1, 0.15) is 0 Å². The van der Waals surface area contributed by atoms with Crippen LogP contribution < -0.4 is 10.6 Å². The van der Waals surface area contributed by atoms with Crippen molar-refractivity contribution in [2.45, 2.75) is 25.7 Å². The van der Waals surface area contributed by atoms with Crippen LogP contribution in [0.1, 0.15) is 24.3 Å². The fraction of sp³-hybridized carbons (Fsp3) is 0.667. The van der Waals surface area contributed by atoms with Gasteiger partial charge < -0.3 is 10.6 Å². The van der Waals surface area contributed by atoms with Gasteiger partial charge in [0.2, 0.25) is 5.91 Å². The van der Waals surface area contributed by atoms with E-state index in [0.29, 0.717) is 18.9 Å². The molecule has 5 heteroatoms. The molecule has 1 amide bonds. The second-order valence-electron chi connectivity index (χ2n) is 4.42. The molecule has 0 radical (unpaired) electrons. The van der Waals surface area contributed by atoms with E-state index in [1.165, 1.54) is 6.42 Å². The Morgan fingerprint density at radius 2 is 2.59 bits per heavy atom. The highest BCUT2D eigenvalue weighted by molar-refractivity contribution is 7.09. The molecule has 2 heterocycles. The predicted octanol–water partition coefficient (Wildman–Crippen LogP) is 1.19. The lowest BCUT2D eigenvalue weighted by atomic mass is 10.0. The van der Waals surface area contributed by atoms with Crippen molar-refractivity contribution >= 4 is 17.2 Å². The second-order valence-corrected chi connectivity index (χ2v) is 5.40. The van der Waals surface area contributed by atoms with Crippen LogP contribution in [0.5, 0.6) is 0 Å². The van der Waals surface area contributed by atoms with Gasteiger partial charge in [-0.3, -0.25) is 4.79 Å². The molecule has 17 heavy (non-hydrogen) atoms. The molecule has 1 unspecified atom stereocenters. The Bertz CT molecular complexity index is 334. The van der Waals surface area contributed by atoms with Gasteiger partial charge in [-0.05, 0) is 31.8 Å². The third-order valence-corrected chi connectivity index (χ3v) is 3.93. The number of nitrogens with zero attached hydrogens (tertiary/aromatic N) is 1. The number of hydrogen-bond donors (Lipinski definition) is 2. The summed E-state index contributed by atoms with van der Waals surface area (Å²) in [5, 5.41) is 9.32. The third-order valence-electron chi connectivity index (χ3n) is 3.09. The van der Waals surface area contributed by atoms with Gasteiger partial charge in [-0.15, -0.1) is 11.3 Å². The first-order valence-corrected chi connectivity index (χ1v) is 7.08. The van der Waals surface area contributed by atoms with Gasteiger partial charge >= 0.3 is 0 Å². The van der Waals surface area contributed by atoms with Crippen LogP contribution in [-0.4, -0.2) is 30.5 Å². The molecule has 2 N–H and O–H groups in total. The molecule has 1 saturated heterocycles. The Balaban J connectivity index is 1.54. The average Bonchev–Trinajstić information content (AvgIpc) is 2.99. The van der Waals surface area contributed by atoms with E-state index in [1.807, 2.05) is 5.38 Å². The first kappa shape index (κ1) is 12.5. The number of rotatable bonds is 6. The van der Waals surface area contributed by atoms with Crippen molar-refractivity contribution in [3.05, 3.63) is 16.6 Å². The highest BCUT2D eigenvalue weighted by Gasteiger charge is 2.15. The zero-order valence-electron chi connectivity index (χ0n) is 9.95. The number of carbonyl (C=O) groups excluding carboxylic acids is 1. The van der Waals surface area contributed by atoms with Gasteiger partial charge in [-0.25, -0.2) is 4.98 Å². The summed E-state index contributed by atoms with van der Waals surface area (Å²) in [7, 11) is 0. The van der Waals surface area contributed by atoms with Crippen molar-refractivity contribution in [1.82, 2.24) is 15.6 Å². The van der Waals surface area contributed by atoms with Crippen LogP contribution in [0.4, 0.5) is 0 Å². The molecule has 2 rings (SSSR count). The molecule has 0 spiro atoms. The number of aromatic nitrogens is 1. The standard InChI is InChI=1S/C12H19N3OS/c16-11(2-1-10-3-5-13-9-10)14-6-4-12-15-7-8-17-12/h7-8,10,13H,1-6,9H2,(H,14,16). The summed E-state index contributed by atoms with van der Waals surface area (Å²) in [6.07, 6.45) is 5.52. The molecular formula is C12H19N3OS. The maximum atomic E-state index is 11.6. The quantitative estimate of drug-likeness (QED) is 0.801. The molecule has 1 aromatic heterocycles. The summed E-state index contributed by atoms with van der Waals surface area (Å²) in [4.78, 5) is 15.8. The minimum Gasteiger partial charge on any atom is -0.356 e. The zero-order valence-corrected chi connectivity index (χ0v) is 10.8. The third kappa shape index (κ3) is 4.44. The molecule has 1 aliphatic heterocycles. The van der Waals surface area contributed by atoms with Gasteiger partial charge in [0, 0.05) is 31.0 Å². The molecule has 1 atom stereocenters. The van der Waals surface area contributed by atoms with Crippen LogP contribution in [0.25, 0.3) is 0 Å². The highest BCUT2D eigenvalue weighted by Crippen LogP contribution is 2.13. The SMILES string of the molecule is O=C(CCC1CCNC1)NCCc1nccs1. The average molecular weight is 253 g/mol. The number of carbonyl (C=O) groups is 1. The first-order chi connectivity index (χ1) is 8.34. The minimum absolute atomic E-state index is 0.174. The van der Waals surface area contributed by atoms with Crippen LogP contribution >= 0.6 is 11.3 Å². The molecule has 1 aromatic rings. The summed E-state index contributed by atoms with van der Waals surface area (Å²) < 4.78 is 0. The molecule has 4 nitrogen and oxygen atoms in total. The van der Waals surface area contributed by atoms with Gasteiger partial charge in [0.15, 0.2) is 0 Å². The first-order valence-electron chi connectivity index (χ1n) is 6.20. The van der Waals surface area contributed by atoms with Gasteiger partial charge in [0.05, 0.1) is 5.01 Å². The molecular weight excluding hydrogens is 234 g/mol. The predicted molar refractivity (Wildman–Crippen MR) is 69.0 cm³/mol. The van der Waals surface area contributed by atoms with Crippen LogP contribution in [0, 0.1) is 5.92 Å². The van der Waals surface area contributed by atoms with E-state index in [9.17, 15) is 4.79 Å². The summed E-state index contributed by atoms with van der Waals surface area (Å²) in [5.41, 5.74) is 0. The topological polar surface area (TPSA) is 54.0 Å². The Morgan fingerprint density at radius 3 is 3.29 bits per heavy atom. The summed E-state index contributed by atoms with van der Waals surface area (Å²) in [6, 6.07) is 0. The lowest BCUT2D eigenvalue weighted by molar-refractivity contribution is -0.121. The van der Waals surface area contributed by atoms with Gasteiger partial charge in [0.25, 0.3) is 0 Å². The van der Waals surface area contributed by atoms with Gasteiger partial charge in [-0.1, -0.05) is 0 Å². The van der Waals surface area contributed by atoms with Crippen molar-refractivity contribution in [2.24, 2.45) is 5.92 Å². The maximum absolute atomic E-state index is 11.6. The largest absolute Gasteiger partial charge is 0.356 e. The van der Waals surface area contributed by atoms with E-state index in [4.69, 9.17) is 0 Å². The minimum atomic E-state index is 0.174. The molecule has 94 valence electrons.